The van der Waals surface area contributed by atoms with Crippen molar-refractivity contribution in [2.75, 3.05) is 13.2 Å². The second-order valence-corrected chi connectivity index (χ2v) is 10.9. The van der Waals surface area contributed by atoms with Gasteiger partial charge in [-0.25, -0.2) is 18.9 Å². The van der Waals surface area contributed by atoms with Crippen LogP contribution in [0.3, 0.4) is 0 Å². The number of aliphatic hydroxyl groups excluding tert-OH is 6. The van der Waals surface area contributed by atoms with Crippen LogP contribution in [-0.2, 0) is 32.7 Å². The fraction of sp³-hybridized carbons (Fsp3) is 0.619. The first kappa shape index (κ1) is 34.4. The van der Waals surface area contributed by atoms with Gasteiger partial charge in [-0.3, -0.25) is 9.32 Å². The second-order valence-electron chi connectivity index (χ2n) is 9.51. The first-order valence-corrected chi connectivity index (χ1v) is 13.8. The molecule has 3 aliphatic heterocycles. The molecule has 3 rings (SSSR count). The largest absolute Gasteiger partial charge is 0.477 e. The maximum absolute atomic E-state index is 12.9. The van der Waals surface area contributed by atoms with Crippen LogP contribution in [0.4, 0.5) is 0 Å². The Kier molecular flexibility index (Phi) is 10.9. The van der Waals surface area contributed by atoms with Crippen molar-refractivity contribution < 1.29 is 78.1 Å². The summed E-state index contributed by atoms with van der Waals surface area (Å²) in [6.45, 7) is 1.57. The van der Waals surface area contributed by atoms with Gasteiger partial charge in [0.15, 0.2) is 6.23 Å². The quantitative estimate of drug-likeness (QED) is 0.0413. The van der Waals surface area contributed by atoms with Gasteiger partial charge in [0.2, 0.25) is 0 Å². The average molecular weight is 638 g/mol. The molecule has 240 valence electrons. The van der Waals surface area contributed by atoms with Crippen LogP contribution in [0.1, 0.15) is 6.42 Å². The van der Waals surface area contributed by atoms with Gasteiger partial charge in [-0.05, 0) is 6.08 Å². The van der Waals surface area contributed by atoms with Gasteiger partial charge < -0.3 is 71.6 Å². The summed E-state index contributed by atoms with van der Waals surface area (Å²) in [4.78, 5) is 42.1. The molecule has 0 aromatic carbocycles. The molecule has 0 bridgehead atoms. The van der Waals surface area contributed by atoms with Crippen LogP contribution in [0.15, 0.2) is 29.7 Å². The Morgan fingerprint density at radius 3 is 2.63 bits per heavy atom. The maximum Gasteiger partial charge on any atom is 0.475 e. The van der Waals surface area contributed by atoms with Crippen molar-refractivity contribution in [2.24, 2.45) is 10.7 Å². The Bertz CT molecular complexity index is 1250. The highest BCUT2D eigenvalue weighted by Crippen LogP contribution is 2.51. The highest BCUT2D eigenvalue weighted by molar-refractivity contribution is 7.47. The molecule has 43 heavy (non-hydrogen) atoms. The number of carboxylic acid groups (broad SMARTS) is 1. The monoisotopic (exact) mass is 638 g/mol. The van der Waals surface area contributed by atoms with E-state index in [1.165, 1.54) is 17.2 Å². The van der Waals surface area contributed by atoms with Crippen molar-refractivity contribution in [3.63, 3.8) is 0 Å². The average Bonchev–Trinajstić information content (AvgIpc) is 3.20. The molecule has 0 radical (unpaired) electrons. The molecule has 0 saturated carbocycles. The van der Waals surface area contributed by atoms with Crippen molar-refractivity contribution in [3.05, 3.63) is 30.2 Å². The Morgan fingerprint density at radius 2 is 2.05 bits per heavy atom. The predicted molar refractivity (Wildman–Crippen MR) is 136 cm³/mol. The Hall–Kier alpha value is -3.14. The van der Waals surface area contributed by atoms with Crippen LogP contribution < -0.4 is 11.1 Å². The van der Waals surface area contributed by atoms with Crippen LogP contribution in [0.2, 0.25) is 0 Å². The van der Waals surface area contributed by atoms with E-state index in [9.17, 15) is 54.8 Å². The minimum Gasteiger partial charge on any atom is -0.477 e. The first-order valence-electron chi connectivity index (χ1n) is 12.3. The number of carboxylic acids is 1. The molecule has 1 amide bonds. The third-order valence-corrected chi connectivity index (χ3v) is 7.54. The zero-order valence-electron chi connectivity index (χ0n) is 22.0. The van der Waals surface area contributed by atoms with E-state index in [1.54, 1.807) is 0 Å². The molecule has 3 aliphatic rings. The number of nitrogens with zero attached hydrogens (tertiary/aromatic N) is 4. The van der Waals surface area contributed by atoms with Crippen molar-refractivity contribution in [2.45, 2.75) is 67.2 Å². The van der Waals surface area contributed by atoms with Crippen LogP contribution in [0.5, 0.6) is 0 Å². The van der Waals surface area contributed by atoms with Crippen LogP contribution >= 0.6 is 7.82 Å². The lowest BCUT2D eigenvalue weighted by molar-refractivity contribution is -0.288. The number of nitrogens with two attached hydrogens (primary N) is 1. The van der Waals surface area contributed by atoms with Gasteiger partial charge in [0, 0.05) is 12.6 Å². The van der Waals surface area contributed by atoms with Crippen LogP contribution in [0.25, 0.3) is 5.53 Å². The lowest BCUT2D eigenvalue weighted by Gasteiger charge is -2.46. The summed E-state index contributed by atoms with van der Waals surface area (Å²) >= 11 is 0. The van der Waals surface area contributed by atoms with Crippen molar-refractivity contribution in [3.8, 4) is 0 Å². The zero-order chi connectivity index (χ0) is 32.3. The lowest BCUT2D eigenvalue weighted by Crippen LogP contribution is -2.68. The number of carbonyl (C=O) groups is 2. The maximum atomic E-state index is 12.9. The van der Waals surface area contributed by atoms with E-state index in [-0.39, 0.29) is 11.7 Å². The summed E-state index contributed by atoms with van der Waals surface area (Å²) in [5, 5.41) is 73.0. The van der Waals surface area contributed by atoms with Crippen molar-refractivity contribution in [1.82, 2.24) is 10.2 Å². The molecule has 2 fully saturated rings. The molecule has 0 aliphatic carbocycles. The molecule has 2 saturated heterocycles. The van der Waals surface area contributed by atoms with E-state index < -0.39 is 100 Å². The highest BCUT2D eigenvalue weighted by Gasteiger charge is 2.59. The van der Waals surface area contributed by atoms with Gasteiger partial charge in [0.05, 0.1) is 25.4 Å². The fourth-order valence-electron chi connectivity index (χ4n) is 4.43. The highest BCUT2D eigenvalue weighted by atomic mass is 31.2. The van der Waals surface area contributed by atoms with E-state index in [0.29, 0.717) is 6.21 Å². The molecule has 0 spiro atoms. The third kappa shape index (κ3) is 7.69. The summed E-state index contributed by atoms with van der Waals surface area (Å²) in [7, 11) is -5.53. The Morgan fingerprint density at radius 1 is 1.37 bits per heavy atom. The number of rotatable bonds is 12. The topological polar surface area (TPSA) is 340 Å². The van der Waals surface area contributed by atoms with Gasteiger partial charge in [-0.1, -0.05) is 6.58 Å². The SMILES string of the molecule is C=C1N=C(N)C=CN1[C@@H]1O[C@H](COP(=O)(O)OC2(C(=O)O)CC(O)C(NC(=O)C=[N+]=[N-])C([C@H](O)[C@H](O)CO)O2)[C@H](O)C1O. The number of aliphatic imine (C=N–C) groups is 1. The van der Waals surface area contributed by atoms with Gasteiger partial charge in [0.25, 0.3) is 5.79 Å². The molecule has 0 aromatic heterocycles. The molecule has 6 unspecified atom stereocenters. The number of aliphatic carboxylic acids is 1. The second kappa shape index (κ2) is 13.7. The number of hydrogen-bond acceptors (Lipinski definition) is 16. The van der Waals surface area contributed by atoms with Gasteiger partial charge in [-0.2, -0.15) is 4.79 Å². The van der Waals surface area contributed by atoms with Crippen LogP contribution in [-0.4, -0.2) is 148 Å². The normalized spacial score (nSPS) is 35.3. The van der Waals surface area contributed by atoms with E-state index in [0.717, 1.165) is 0 Å². The Balaban J connectivity index is 1.78. The van der Waals surface area contributed by atoms with E-state index in [4.69, 9.17) is 29.8 Å². The number of carbonyl (C=O) groups excluding carboxylic acids is 1. The molecule has 0 aromatic rings. The molecule has 21 nitrogen and oxygen atoms in total. The van der Waals surface area contributed by atoms with Gasteiger partial charge in [-0.15, -0.1) is 0 Å². The van der Waals surface area contributed by atoms with Gasteiger partial charge >= 0.3 is 25.9 Å². The number of nitrogens with one attached hydrogen (secondary N) is 1. The number of aliphatic hydroxyl groups is 6. The number of hydrogen-bond donors (Lipinski definition) is 10. The lowest BCUT2D eigenvalue weighted by atomic mass is 9.88. The van der Waals surface area contributed by atoms with E-state index >= 15 is 0 Å². The van der Waals surface area contributed by atoms with Gasteiger partial charge in [0.1, 0.15) is 48.3 Å². The number of phosphoric acid groups is 1. The zero-order valence-corrected chi connectivity index (χ0v) is 22.9. The summed E-state index contributed by atoms with van der Waals surface area (Å²) < 4.78 is 33.2. The minimum atomic E-state index is -5.53. The summed E-state index contributed by atoms with van der Waals surface area (Å²) in [5.74, 6) is -6.41. The smallest absolute Gasteiger partial charge is 0.475 e. The molecule has 22 heteroatoms. The predicted octanol–water partition coefficient (Wildman–Crippen LogP) is -5.35. The molecule has 3 heterocycles. The number of amidine groups is 1. The number of ether oxygens (including phenoxy) is 2. The van der Waals surface area contributed by atoms with E-state index in [2.05, 4.69) is 16.4 Å². The van der Waals surface area contributed by atoms with E-state index in [1.807, 2.05) is 5.32 Å². The molecular weight excluding hydrogens is 607 g/mol. The minimum absolute atomic E-state index is 0.0339. The number of amides is 1. The molecular formula is C21H31N6O15P. The first-order chi connectivity index (χ1) is 20.1. The Labute approximate surface area is 241 Å². The summed E-state index contributed by atoms with van der Waals surface area (Å²) in [6.07, 6.45) is -12.6. The van der Waals surface area contributed by atoms with Crippen molar-refractivity contribution in [1.29, 1.82) is 0 Å². The molecule has 11 atom stereocenters. The van der Waals surface area contributed by atoms with Crippen molar-refractivity contribution >= 4 is 31.7 Å². The fourth-order valence-corrected chi connectivity index (χ4v) is 5.39. The third-order valence-electron chi connectivity index (χ3n) is 6.54. The standard InChI is InChI=1S/C21H31N6O15P/c1-8-25-12(22)2-3-27(8)19-17(34)16(33)11(40-19)7-39-43(37,38)42-21(20(35)36)4-9(29)14(26-13(31)5-24-23)18(41-21)15(32)10(30)6-28/h2-3,5,9-11,14-19,28-30,32-34H,1,4,6-7H2,(H2,22,25)(H,26,31)(H,35,36)(H,37,38)/t9?,10-,11-,14?,15-,16+,17?,18?,19-,21?/m1/s1. The summed E-state index contributed by atoms with van der Waals surface area (Å²) in [6, 6.07) is -1.74. The number of phosphoric ester groups is 1. The molecule has 11 N–H and O–H groups in total. The van der Waals surface area contributed by atoms with Crippen LogP contribution in [0, 0.1) is 0 Å². The summed E-state index contributed by atoms with van der Waals surface area (Å²) in [5.41, 5.74) is 14.1.